The van der Waals surface area contributed by atoms with Gasteiger partial charge in [-0.05, 0) is 44.2 Å². The lowest BCUT2D eigenvalue weighted by Crippen LogP contribution is -2.50. The fourth-order valence-corrected chi connectivity index (χ4v) is 2.85. The predicted octanol–water partition coefficient (Wildman–Crippen LogP) is 5.28. The van der Waals surface area contributed by atoms with E-state index in [1.165, 1.54) is 4.90 Å². The topological polar surface area (TPSA) is 38.8 Å². The number of alkyl halides is 3. The summed E-state index contributed by atoms with van der Waals surface area (Å²) in [7, 11) is 1.64. The third kappa shape index (κ3) is 3.31. The van der Waals surface area contributed by atoms with Crippen LogP contribution >= 0.6 is 11.6 Å². The monoisotopic (exact) mass is 385 g/mol. The lowest BCUT2D eigenvalue weighted by molar-refractivity contribution is -0.137. The Balaban J connectivity index is 1.90. The van der Waals surface area contributed by atoms with E-state index in [9.17, 15) is 18.0 Å². The zero-order valence-corrected chi connectivity index (χ0v) is 14.9. The fraction of sp³-hybridized carbons (Fsp3) is 0.278. The van der Waals surface area contributed by atoms with Crippen molar-refractivity contribution in [3.05, 3.63) is 47.0 Å². The number of hydrogen-bond donors (Lipinski definition) is 0. The van der Waals surface area contributed by atoms with Gasteiger partial charge < -0.3 is 14.4 Å². The van der Waals surface area contributed by atoms with Gasteiger partial charge >= 0.3 is 6.18 Å². The van der Waals surface area contributed by atoms with E-state index in [2.05, 4.69) is 0 Å². The van der Waals surface area contributed by atoms with Crippen molar-refractivity contribution >= 4 is 23.2 Å². The van der Waals surface area contributed by atoms with Gasteiger partial charge in [-0.3, -0.25) is 4.79 Å². The molecule has 0 spiro atoms. The van der Waals surface area contributed by atoms with E-state index < -0.39 is 17.3 Å². The Bertz CT molecular complexity index is 880. The summed E-state index contributed by atoms with van der Waals surface area (Å²) >= 11 is 5.91. The van der Waals surface area contributed by atoms with Gasteiger partial charge in [0.2, 0.25) is 0 Å². The molecule has 1 heterocycles. The molecule has 0 aromatic heterocycles. The van der Waals surface area contributed by atoms with Crippen LogP contribution in [-0.4, -0.2) is 18.6 Å². The summed E-state index contributed by atoms with van der Waals surface area (Å²) in [5.41, 5.74) is -1.32. The molecule has 8 heteroatoms. The second-order valence-corrected chi connectivity index (χ2v) is 6.76. The van der Waals surface area contributed by atoms with Crippen molar-refractivity contribution in [1.29, 1.82) is 0 Å². The van der Waals surface area contributed by atoms with Crippen LogP contribution in [0.5, 0.6) is 17.2 Å². The van der Waals surface area contributed by atoms with Gasteiger partial charge in [0.15, 0.2) is 5.60 Å². The lowest BCUT2D eigenvalue weighted by Gasteiger charge is -2.36. The predicted molar refractivity (Wildman–Crippen MR) is 91.1 cm³/mol. The van der Waals surface area contributed by atoms with Gasteiger partial charge in [0, 0.05) is 13.1 Å². The highest BCUT2D eigenvalue weighted by Crippen LogP contribution is 2.41. The highest BCUT2D eigenvalue weighted by molar-refractivity contribution is 6.32. The van der Waals surface area contributed by atoms with Crippen molar-refractivity contribution < 1.29 is 27.4 Å². The summed E-state index contributed by atoms with van der Waals surface area (Å²) in [6.07, 6.45) is -4.48. The van der Waals surface area contributed by atoms with Gasteiger partial charge in [-0.15, -0.1) is 0 Å². The van der Waals surface area contributed by atoms with Crippen LogP contribution in [0.1, 0.15) is 19.4 Å². The molecule has 0 radical (unpaired) electrons. The maximum atomic E-state index is 12.7. The number of amides is 1. The molecule has 138 valence electrons. The first kappa shape index (κ1) is 18.4. The van der Waals surface area contributed by atoms with E-state index in [1.54, 1.807) is 39.1 Å². The third-order valence-electron chi connectivity index (χ3n) is 3.96. The molecule has 0 saturated carbocycles. The molecule has 3 rings (SSSR count). The third-order valence-corrected chi connectivity index (χ3v) is 4.26. The van der Waals surface area contributed by atoms with Gasteiger partial charge in [-0.2, -0.15) is 13.2 Å². The van der Waals surface area contributed by atoms with Crippen LogP contribution in [0.4, 0.5) is 18.9 Å². The first-order chi connectivity index (χ1) is 12.0. The van der Waals surface area contributed by atoms with Crippen LogP contribution in [0, 0.1) is 0 Å². The van der Waals surface area contributed by atoms with Crippen LogP contribution in [0.3, 0.4) is 0 Å². The standard InChI is InChI=1S/C18H15ClF3NO3/c1-17(2)16(24)23(3)13-6-5-11(9-15(13)26-17)25-14-7-4-10(8-12(14)19)18(20,21)22/h4-9H,1-3H3. The van der Waals surface area contributed by atoms with Crippen molar-refractivity contribution in [1.82, 2.24) is 0 Å². The molecule has 0 fully saturated rings. The molecule has 0 N–H and O–H groups in total. The molecule has 1 aliphatic rings. The molecule has 2 aromatic rings. The SMILES string of the molecule is CN1C(=O)C(C)(C)Oc2cc(Oc3ccc(C(F)(F)F)cc3Cl)ccc21. The molecule has 2 aromatic carbocycles. The van der Waals surface area contributed by atoms with Crippen LogP contribution in [0.15, 0.2) is 36.4 Å². The Morgan fingerprint density at radius 1 is 1.15 bits per heavy atom. The highest BCUT2D eigenvalue weighted by Gasteiger charge is 2.39. The molecule has 26 heavy (non-hydrogen) atoms. The number of anilines is 1. The van der Waals surface area contributed by atoms with Gasteiger partial charge in [0.1, 0.15) is 17.2 Å². The number of benzene rings is 2. The maximum Gasteiger partial charge on any atom is 0.416 e. The summed E-state index contributed by atoms with van der Waals surface area (Å²) in [6, 6.07) is 7.64. The van der Waals surface area contributed by atoms with E-state index in [1.807, 2.05) is 0 Å². The molecule has 1 aliphatic heterocycles. The molecule has 0 atom stereocenters. The van der Waals surface area contributed by atoms with Crippen LogP contribution in [-0.2, 0) is 11.0 Å². The van der Waals surface area contributed by atoms with Crippen molar-refractivity contribution in [2.24, 2.45) is 0 Å². The average Bonchev–Trinajstić information content (AvgIpc) is 2.53. The zero-order valence-electron chi connectivity index (χ0n) is 14.1. The Morgan fingerprint density at radius 2 is 1.85 bits per heavy atom. The number of carbonyl (C=O) groups is 1. The summed E-state index contributed by atoms with van der Waals surface area (Å²) in [6.45, 7) is 3.30. The lowest BCUT2D eigenvalue weighted by atomic mass is 10.0. The largest absolute Gasteiger partial charge is 0.476 e. The second kappa shape index (κ2) is 6.09. The number of halogens is 4. The van der Waals surface area contributed by atoms with E-state index in [0.717, 1.165) is 18.2 Å². The number of ether oxygens (including phenoxy) is 2. The summed E-state index contributed by atoms with van der Waals surface area (Å²) in [5.74, 6) is 0.644. The fourth-order valence-electron chi connectivity index (χ4n) is 2.64. The van der Waals surface area contributed by atoms with Crippen molar-refractivity contribution in [3.8, 4) is 17.2 Å². The summed E-state index contributed by atoms with van der Waals surface area (Å²) < 4.78 is 49.4. The van der Waals surface area contributed by atoms with E-state index >= 15 is 0 Å². The van der Waals surface area contributed by atoms with Gasteiger partial charge in [-0.25, -0.2) is 0 Å². The number of fused-ring (bicyclic) bond motifs is 1. The number of hydrogen-bond acceptors (Lipinski definition) is 3. The first-order valence-corrected chi connectivity index (χ1v) is 8.03. The number of carbonyl (C=O) groups excluding carboxylic acids is 1. The molecule has 1 amide bonds. The molecule has 0 unspecified atom stereocenters. The van der Waals surface area contributed by atoms with E-state index in [-0.39, 0.29) is 16.7 Å². The zero-order chi connectivity index (χ0) is 19.3. The Morgan fingerprint density at radius 3 is 2.46 bits per heavy atom. The van der Waals surface area contributed by atoms with Crippen molar-refractivity contribution in [2.75, 3.05) is 11.9 Å². The van der Waals surface area contributed by atoms with Gasteiger partial charge in [0.25, 0.3) is 5.91 Å². The minimum atomic E-state index is -4.48. The molecular weight excluding hydrogens is 371 g/mol. The molecule has 0 saturated heterocycles. The Labute approximate surface area is 153 Å². The average molecular weight is 386 g/mol. The molecule has 0 aliphatic carbocycles. The Hall–Kier alpha value is -2.41. The quantitative estimate of drug-likeness (QED) is 0.705. The van der Waals surface area contributed by atoms with Crippen LogP contribution in [0.2, 0.25) is 5.02 Å². The minimum absolute atomic E-state index is 0.0825. The molecular formula is C18H15ClF3NO3. The van der Waals surface area contributed by atoms with E-state index in [4.69, 9.17) is 21.1 Å². The minimum Gasteiger partial charge on any atom is -0.476 e. The molecule has 0 bridgehead atoms. The van der Waals surface area contributed by atoms with Crippen LogP contribution < -0.4 is 14.4 Å². The maximum absolute atomic E-state index is 12.7. The van der Waals surface area contributed by atoms with Gasteiger partial charge in [0.05, 0.1) is 16.3 Å². The van der Waals surface area contributed by atoms with Crippen molar-refractivity contribution in [3.63, 3.8) is 0 Å². The first-order valence-electron chi connectivity index (χ1n) is 7.65. The normalized spacial score (nSPS) is 16.1. The molecule has 4 nitrogen and oxygen atoms in total. The van der Waals surface area contributed by atoms with Crippen molar-refractivity contribution in [2.45, 2.75) is 25.6 Å². The second-order valence-electron chi connectivity index (χ2n) is 6.35. The summed E-state index contributed by atoms with van der Waals surface area (Å²) in [4.78, 5) is 13.7. The summed E-state index contributed by atoms with van der Waals surface area (Å²) in [5, 5.41) is -0.161. The van der Waals surface area contributed by atoms with E-state index in [0.29, 0.717) is 17.2 Å². The van der Waals surface area contributed by atoms with Gasteiger partial charge in [-0.1, -0.05) is 11.6 Å². The Kier molecular flexibility index (Phi) is 4.30. The smallest absolute Gasteiger partial charge is 0.416 e. The number of rotatable bonds is 2. The van der Waals surface area contributed by atoms with Crippen LogP contribution in [0.25, 0.3) is 0 Å². The highest BCUT2D eigenvalue weighted by atomic mass is 35.5. The number of likely N-dealkylation sites (N-methyl/N-ethyl adjacent to an activating group) is 1. The number of nitrogens with zero attached hydrogens (tertiary/aromatic N) is 1.